The molecule has 0 aliphatic heterocycles. The predicted octanol–water partition coefficient (Wildman–Crippen LogP) is 1.61. The van der Waals surface area contributed by atoms with E-state index < -0.39 is 11.5 Å². The third-order valence-corrected chi connectivity index (χ3v) is 2.22. The van der Waals surface area contributed by atoms with Gasteiger partial charge in [0.1, 0.15) is 5.54 Å². The molecule has 0 spiro atoms. The van der Waals surface area contributed by atoms with E-state index >= 15 is 0 Å². The van der Waals surface area contributed by atoms with Crippen molar-refractivity contribution in [2.45, 2.75) is 45.6 Å². The van der Waals surface area contributed by atoms with Crippen molar-refractivity contribution in [1.82, 2.24) is 0 Å². The largest absolute Gasteiger partial charge is 0.480 e. The van der Waals surface area contributed by atoms with Crippen molar-refractivity contribution in [3.8, 4) is 0 Å². The second-order valence-electron chi connectivity index (χ2n) is 3.75. The summed E-state index contributed by atoms with van der Waals surface area (Å²) in [6.45, 7) is 5.95. The Morgan fingerprint density at radius 2 is 2.08 bits per heavy atom. The van der Waals surface area contributed by atoms with Crippen LogP contribution in [-0.4, -0.2) is 16.6 Å². The van der Waals surface area contributed by atoms with Crippen LogP contribution in [0.1, 0.15) is 40.0 Å². The molecule has 0 amide bonds. The van der Waals surface area contributed by atoms with Crippen LogP contribution < -0.4 is 5.73 Å². The summed E-state index contributed by atoms with van der Waals surface area (Å²) < 4.78 is 0. The first-order chi connectivity index (χ1) is 5.42. The third-order valence-electron chi connectivity index (χ3n) is 2.22. The molecule has 72 valence electrons. The number of hydrogen-bond donors (Lipinski definition) is 2. The van der Waals surface area contributed by atoms with E-state index in [9.17, 15) is 4.79 Å². The molecule has 0 saturated heterocycles. The highest BCUT2D eigenvalue weighted by Crippen LogP contribution is 2.17. The van der Waals surface area contributed by atoms with Gasteiger partial charge in [-0.15, -0.1) is 0 Å². The Morgan fingerprint density at radius 3 is 2.33 bits per heavy atom. The summed E-state index contributed by atoms with van der Waals surface area (Å²) >= 11 is 0. The van der Waals surface area contributed by atoms with Gasteiger partial charge in [0, 0.05) is 0 Å². The summed E-state index contributed by atoms with van der Waals surface area (Å²) in [4.78, 5) is 10.7. The predicted molar refractivity (Wildman–Crippen MR) is 48.9 cm³/mol. The van der Waals surface area contributed by atoms with Gasteiger partial charge in [-0.2, -0.15) is 0 Å². The fraction of sp³-hybridized carbons (Fsp3) is 0.889. The summed E-state index contributed by atoms with van der Waals surface area (Å²) in [5, 5.41) is 8.82. The van der Waals surface area contributed by atoms with Gasteiger partial charge in [0.25, 0.3) is 0 Å². The lowest BCUT2D eigenvalue weighted by Gasteiger charge is -2.23. The van der Waals surface area contributed by atoms with E-state index in [4.69, 9.17) is 10.8 Å². The van der Waals surface area contributed by atoms with Gasteiger partial charge in [0.15, 0.2) is 0 Å². The van der Waals surface area contributed by atoms with Crippen molar-refractivity contribution >= 4 is 5.97 Å². The molecular weight excluding hydrogens is 154 g/mol. The normalized spacial score (nSPS) is 16.1. The highest BCUT2D eigenvalue weighted by molar-refractivity contribution is 5.78. The SMILES string of the molecule is CCC(N)(CCC(C)C)C(=O)O. The van der Waals surface area contributed by atoms with Gasteiger partial charge in [0.2, 0.25) is 0 Å². The summed E-state index contributed by atoms with van der Waals surface area (Å²) in [6, 6.07) is 0. The molecule has 0 bridgehead atoms. The summed E-state index contributed by atoms with van der Waals surface area (Å²) in [6.07, 6.45) is 1.93. The molecule has 12 heavy (non-hydrogen) atoms. The minimum atomic E-state index is -1.01. The summed E-state index contributed by atoms with van der Waals surface area (Å²) in [7, 11) is 0. The van der Waals surface area contributed by atoms with Crippen LogP contribution in [-0.2, 0) is 4.79 Å². The van der Waals surface area contributed by atoms with Crippen molar-refractivity contribution in [1.29, 1.82) is 0 Å². The van der Waals surface area contributed by atoms with Crippen LogP contribution in [0.5, 0.6) is 0 Å². The number of carboxylic acids is 1. The van der Waals surface area contributed by atoms with Gasteiger partial charge in [-0.1, -0.05) is 20.8 Å². The van der Waals surface area contributed by atoms with Gasteiger partial charge in [-0.3, -0.25) is 4.79 Å². The van der Waals surface area contributed by atoms with Crippen molar-refractivity contribution in [2.75, 3.05) is 0 Å². The maximum absolute atomic E-state index is 10.7. The molecule has 0 aliphatic rings. The Kier molecular flexibility index (Phi) is 4.24. The Balaban J connectivity index is 4.06. The molecule has 0 aromatic carbocycles. The molecule has 0 fully saturated rings. The number of hydrogen-bond acceptors (Lipinski definition) is 2. The van der Waals surface area contributed by atoms with Crippen molar-refractivity contribution in [3.05, 3.63) is 0 Å². The van der Waals surface area contributed by atoms with Gasteiger partial charge in [-0.25, -0.2) is 0 Å². The first kappa shape index (κ1) is 11.4. The summed E-state index contributed by atoms with van der Waals surface area (Å²) in [5.74, 6) is -0.371. The molecule has 3 heteroatoms. The standard InChI is InChI=1S/C9H19NO2/c1-4-9(10,8(11)12)6-5-7(2)3/h7H,4-6,10H2,1-3H3,(H,11,12). The molecule has 3 N–H and O–H groups in total. The van der Waals surface area contributed by atoms with Crippen LogP contribution in [0.4, 0.5) is 0 Å². The smallest absolute Gasteiger partial charge is 0.323 e. The molecule has 1 atom stereocenters. The number of carbonyl (C=O) groups is 1. The number of nitrogens with two attached hydrogens (primary N) is 1. The van der Waals surface area contributed by atoms with Crippen LogP contribution in [0.2, 0.25) is 0 Å². The van der Waals surface area contributed by atoms with Crippen LogP contribution >= 0.6 is 0 Å². The lowest BCUT2D eigenvalue weighted by Crippen LogP contribution is -2.47. The second kappa shape index (κ2) is 4.45. The Morgan fingerprint density at radius 1 is 1.58 bits per heavy atom. The highest BCUT2D eigenvalue weighted by atomic mass is 16.4. The van der Waals surface area contributed by atoms with E-state index in [1.807, 2.05) is 6.92 Å². The van der Waals surface area contributed by atoms with Crippen molar-refractivity contribution in [2.24, 2.45) is 11.7 Å². The number of aliphatic carboxylic acids is 1. The van der Waals surface area contributed by atoms with Crippen LogP contribution in [0.15, 0.2) is 0 Å². The van der Waals surface area contributed by atoms with Gasteiger partial charge < -0.3 is 10.8 Å². The Bertz CT molecular complexity index is 157. The average Bonchev–Trinajstić information content (AvgIpc) is 1.99. The monoisotopic (exact) mass is 173 g/mol. The second-order valence-corrected chi connectivity index (χ2v) is 3.75. The molecule has 0 aliphatic carbocycles. The average molecular weight is 173 g/mol. The summed E-state index contributed by atoms with van der Waals surface area (Å²) in [5.41, 5.74) is 4.68. The minimum absolute atomic E-state index is 0.495. The Hall–Kier alpha value is -0.570. The van der Waals surface area contributed by atoms with Crippen LogP contribution in [0.3, 0.4) is 0 Å². The molecule has 0 heterocycles. The molecule has 3 nitrogen and oxygen atoms in total. The zero-order valence-corrected chi connectivity index (χ0v) is 8.13. The van der Waals surface area contributed by atoms with E-state index in [1.54, 1.807) is 0 Å². The molecule has 1 unspecified atom stereocenters. The van der Waals surface area contributed by atoms with Gasteiger partial charge in [-0.05, 0) is 25.2 Å². The van der Waals surface area contributed by atoms with Crippen LogP contribution in [0, 0.1) is 5.92 Å². The van der Waals surface area contributed by atoms with Gasteiger partial charge >= 0.3 is 5.97 Å². The minimum Gasteiger partial charge on any atom is -0.480 e. The first-order valence-corrected chi connectivity index (χ1v) is 4.44. The molecule has 0 aromatic heterocycles. The lowest BCUT2D eigenvalue weighted by molar-refractivity contribution is -0.143. The molecule has 0 rings (SSSR count). The quantitative estimate of drug-likeness (QED) is 0.664. The lowest BCUT2D eigenvalue weighted by atomic mass is 9.89. The van der Waals surface area contributed by atoms with E-state index in [0.717, 1.165) is 6.42 Å². The maximum atomic E-state index is 10.7. The molecular formula is C9H19NO2. The first-order valence-electron chi connectivity index (χ1n) is 4.44. The highest BCUT2D eigenvalue weighted by Gasteiger charge is 2.31. The van der Waals surface area contributed by atoms with Crippen molar-refractivity contribution in [3.63, 3.8) is 0 Å². The molecule has 0 radical (unpaired) electrons. The molecule has 0 aromatic rings. The van der Waals surface area contributed by atoms with E-state index in [0.29, 0.717) is 18.8 Å². The van der Waals surface area contributed by atoms with E-state index in [2.05, 4.69) is 13.8 Å². The zero-order chi connectivity index (χ0) is 9.78. The maximum Gasteiger partial charge on any atom is 0.323 e. The van der Waals surface area contributed by atoms with E-state index in [-0.39, 0.29) is 0 Å². The fourth-order valence-electron chi connectivity index (χ4n) is 0.981. The Labute approximate surface area is 74.0 Å². The third kappa shape index (κ3) is 3.22. The topological polar surface area (TPSA) is 63.3 Å². The fourth-order valence-corrected chi connectivity index (χ4v) is 0.981. The van der Waals surface area contributed by atoms with Crippen LogP contribution in [0.25, 0.3) is 0 Å². The van der Waals surface area contributed by atoms with E-state index in [1.165, 1.54) is 0 Å². The molecule has 0 saturated carbocycles. The van der Waals surface area contributed by atoms with Crippen molar-refractivity contribution < 1.29 is 9.90 Å². The van der Waals surface area contributed by atoms with Gasteiger partial charge in [0.05, 0.1) is 0 Å². The number of rotatable bonds is 5. The number of carboxylic acid groups (broad SMARTS) is 1. The zero-order valence-electron chi connectivity index (χ0n) is 8.13.